The monoisotopic (exact) mass is 453 g/mol. The summed E-state index contributed by atoms with van der Waals surface area (Å²) in [6, 6.07) is 11.6. The van der Waals surface area contributed by atoms with E-state index in [0.717, 1.165) is 30.7 Å². The number of carbonyl (C=O) groups excluding carboxylic acids is 1. The molecule has 0 bridgehead atoms. The Bertz CT molecular complexity index is 1090. The lowest BCUT2D eigenvalue weighted by Gasteiger charge is -2.15. The maximum Gasteiger partial charge on any atom is 0.255 e. The molecular weight excluding hydrogens is 425 g/mol. The number of methoxy groups -OCH3 is 1. The molecule has 7 nitrogen and oxygen atoms in total. The molecule has 1 aromatic heterocycles. The molecule has 8 heteroatoms. The van der Waals surface area contributed by atoms with E-state index < -0.39 is 0 Å². The third kappa shape index (κ3) is 5.34. The van der Waals surface area contributed by atoms with E-state index in [4.69, 9.17) is 14.2 Å². The molecule has 0 radical (unpaired) electrons. The standard InChI is InChI=1S/C25H28FN3O4/c1-3-22-21(15-28-29(22)19-9-7-18(26)8-10-19)25(30)27-14-17-6-11-23(24(13-17)31-2)33-16-20-5-4-12-32-20/h6-11,13,15,20H,3-5,12,14,16H2,1-2H3,(H,27,30). The van der Waals surface area contributed by atoms with Crippen LogP contribution in [-0.4, -0.2) is 42.1 Å². The van der Waals surface area contributed by atoms with Gasteiger partial charge in [-0.25, -0.2) is 9.07 Å². The summed E-state index contributed by atoms with van der Waals surface area (Å²) in [7, 11) is 1.59. The van der Waals surface area contributed by atoms with Gasteiger partial charge < -0.3 is 19.5 Å². The number of aromatic nitrogens is 2. The molecule has 1 fully saturated rings. The first-order valence-corrected chi connectivity index (χ1v) is 11.1. The van der Waals surface area contributed by atoms with Crippen molar-refractivity contribution in [3.63, 3.8) is 0 Å². The lowest BCUT2D eigenvalue weighted by atomic mass is 10.1. The first kappa shape index (κ1) is 22.8. The fourth-order valence-corrected chi connectivity index (χ4v) is 3.89. The van der Waals surface area contributed by atoms with Crippen LogP contribution < -0.4 is 14.8 Å². The van der Waals surface area contributed by atoms with Gasteiger partial charge >= 0.3 is 0 Å². The highest BCUT2D eigenvalue weighted by Gasteiger charge is 2.19. The predicted octanol–water partition coefficient (Wildman–Crippen LogP) is 4.07. The fraction of sp³-hybridized carbons (Fsp3) is 0.360. The topological polar surface area (TPSA) is 74.6 Å². The van der Waals surface area contributed by atoms with E-state index in [9.17, 15) is 9.18 Å². The maximum atomic E-state index is 13.3. The largest absolute Gasteiger partial charge is 0.493 e. The van der Waals surface area contributed by atoms with Crippen LogP contribution in [0.1, 0.15) is 41.4 Å². The van der Waals surface area contributed by atoms with Crippen LogP contribution in [0.5, 0.6) is 11.5 Å². The molecule has 33 heavy (non-hydrogen) atoms. The van der Waals surface area contributed by atoms with Crippen LogP contribution in [0, 0.1) is 5.82 Å². The molecule has 2 heterocycles. The van der Waals surface area contributed by atoms with Gasteiger partial charge in [0.25, 0.3) is 5.91 Å². The summed E-state index contributed by atoms with van der Waals surface area (Å²) < 4.78 is 31.9. The van der Waals surface area contributed by atoms with Crippen LogP contribution in [0.4, 0.5) is 4.39 Å². The maximum absolute atomic E-state index is 13.3. The molecular formula is C25H28FN3O4. The van der Waals surface area contributed by atoms with Crippen LogP contribution in [-0.2, 0) is 17.7 Å². The third-order valence-electron chi connectivity index (χ3n) is 5.65. The number of nitrogens with zero attached hydrogens (tertiary/aromatic N) is 2. The van der Waals surface area contributed by atoms with Crippen molar-refractivity contribution in [3.05, 3.63) is 71.3 Å². The number of halogens is 1. The number of hydrogen-bond donors (Lipinski definition) is 1. The smallest absolute Gasteiger partial charge is 0.255 e. The van der Waals surface area contributed by atoms with Gasteiger partial charge in [-0.15, -0.1) is 0 Å². The summed E-state index contributed by atoms with van der Waals surface area (Å²) in [5.74, 6) is 0.716. The summed E-state index contributed by atoms with van der Waals surface area (Å²) in [6.45, 7) is 3.55. The van der Waals surface area contributed by atoms with Gasteiger partial charge in [0.2, 0.25) is 0 Å². The number of hydrogen-bond acceptors (Lipinski definition) is 5. The van der Waals surface area contributed by atoms with Crippen LogP contribution in [0.2, 0.25) is 0 Å². The molecule has 1 saturated heterocycles. The molecule has 0 saturated carbocycles. The van der Waals surface area contributed by atoms with E-state index in [2.05, 4.69) is 10.4 Å². The van der Waals surface area contributed by atoms with E-state index in [-0.39, 0.29) is 17.8 Å². The van der Waals surface area contributed by atoms with Crippen LogP contribution in [0.15, 0.2) is 48.7 Å². The summed E-state index contributed by atoms with van der Waals surface area (Å²) in [4.78, 5) is 12.9. The van der Waals surface area contributed by atoms with Crippen molar-refractivity contribution in [2.45, 2.75) is 38.8 Å². The van der Waals surface area contributed by atoms with Crippen LogP contribution in [0.3, 0.4) is 0 Å². The van der Waals surface area contributed by atoms with E-state index in [1.807, 2.05) is 25.1 Å². The van der Waals surface area contributed by atoms with Crippen molar-refractivity contribution >= 4 is 5.91 Å². The van der Waals surface area contributed by atoms with E-state index in [1.54, 1.807) is 30.1 Å². The van der Waals surface area contributed by atoms with Gasteiger partial charge in [0, 0.05) is 13.2 Å². The first-order valence-electron chi connectivity index (χ1n) is 11.1. The van der Waals surface area contributed by atoms with Crippen LogP contribution in [0.25, 0.3) is 5.69 Å². The molecule has 1 aliphatic rings. The van der Waals surface area contributed by atoms with Gasteiger partial charge in [-0.1, -0.05) is 13.0 Å². The molecule has 4 rings (SSSR count). The van der Waals surface area contributed by atoms with Gasteiger partial charge in [0.05, 0.1) is 36.4 Å². The SMILES string of the molecule is CCc1c(C(=O)NCc2ccc(OCC3CCCO3)c(OC)c2)cnn1-c1ccc(F)cc1. The minimum absolute atomic E-state index is 0.122. The van der Waals surface area contributed by atoms with Gasteiger partial charge in [0.1, 0.15) is 12.4 Å². The second kappa shape index (κ2) is 10.5. The highest BCUT2D eigenvalue weighted by Crippen LogP contribution is 2.29. The van der Waals surface area contributed by atoms with Crippen LogP contribution >= 0.6 is 0 Å². The van der Waals surface area contributed by atoms with E-state index >= 15 is 0 Å². The lowest BCUT2D eigenvalue weighted by molar-refractivity contribution is 0.0669. The molecule has 1 unspecified atom stereocenters. The zero-order chi connectivity index (χ0) is 23.2. The van der Waals surface area contributed by atoms with Crippen molar-refractivity contribution in [2.24, 2.45) is 0 Å². The number of nitrogens with one attached hydrogen (secondary N) is 1. The molecule has 2 aromatic carbocycles. The lowest BCUT2D eigenvalue weighted by Crippen LogP contribution is -2.24. The minimum Gasteiger partial charge on any atom is -0.493 e. The summed E-state index contributed by atoms with van der Waals surface area (Å²) in [5.41, 5.74) is 2.84. The highest BCUT2D eigenvalue weighted by molar-refractivity contribution is 5.95. The molecule has 1 N–H and O–H groups in total. The average Bonchev–Trinajstić information content (AvgIpc) is 3.51. The van der Waals surface area contributed by atoms with E-state index in [1.165, 1.54) is 12.1 Å². The Morgan fingerprint density at radius 1 is 1.24 bits per heavy atom. The zero-order valence-electron chi connectivity index (χ0n) is 18.8. The Balaban J connectivity index is 1.41. The molecule has 1 atom stereocenters. The van der Waals surface area contributed by atoms with Gasteiger partial charge in [-0.3, -0.25) is 4.79 Å². The fourth-order valence-electron chi connectivity index (χ4n) is 3.89. The second-order valence-electron chi connectivity index (χ2n) is 7.86. The summed E-state index contributed by atoms with van der Waals surface area (Å²) >= 11 is 0. The van der Waals surface area contributed by atoms with Crippen molar-refractivity contribution in [3.8, 4) is 17.2 Å². The van der Waals surface area contributed by atoms with Gasteiger partial charge in [-0.05, 0) is 61.2 Å². The normalized spacial score (nSPS) is 15.4. The molecule has 0 aliphatic carbocycles. The Morgan fingerprint density at radius 3 is 2.76 bits per heavy atom. The number of rotatable bonds is 9. The Labute approximate surface area is 192 Å². The zero-order valence-corrected chi connectivity index (χ0v) is 18.8. The Morgan fingerprint density at radius 2 is 2.06 bits per heavy atom. The molecule has 1 amide bonds. The average molecular weight is 454 g/mol. The third-order valence-corrected chi connectivity index (χ3v) is 5.65. The molecule has 3 aromatic rings. The number of benzene rings is 2. The van der Waals surface area contributed by atoms with Crippen molar-refractivity contribution in [1.82, 2.24) is 15.1 Å². The van der Waals surface area contributed by atoms with Gasteiger partial charge in [0.15, 0.2) is 11.5 Å². The molecule has 1 aliphatic heterocycles. The summed E-state index contributed by atoms with van der Waals surface area (Å²) in [5, 5.41) is 7.28. The number of ether oxygens (including phenoxy) is 3. The second-order valence-corrected chi connectivity index (χ2v) is 7.86. The number of carbonyl (C=O) groups is 1. The number of amides is 1. The van der Waals surface area contributed by atoms with Crippen molar-refractivity contribution < 1.29 is 23.4 Å². The first-order chi connectivity index (χ1) is 16.1. The quantitative estimate of drug-likeness (QED) is 0.529. The Hall–Kier alpha value is -3.39. The molecule has 0 spiro atoms. The minimum atomic E-state index is -0.319. The van der Waals surface area contributed by atoms with Gasteiger partial charge in [-0.2, -0.15) is 5.10 Å². The van der Waals surface area contributed by atoms with Crippen molar-refractivity contribution in [1.29, 1.82) is 0 Å². The Kier molecular flexibility index (Phi) is 7.24. The van der Waals surface area contributed by atoms with E-state index in [0.29, 0.717) is 42.3 Å². The molecule has 174 valence electrons. The summed E-state index contributed by atoms with van der Waals surface area (Å²) in [6.07, 6.45) is 4.33. The predicted molar refractivity (Wildman–Crippen MR) is 122 cm³/mol. The highest BCUT2D eigenvalue weighted by atomic mass is 19.1. The van der Waals surface area contributed by atoms with Crippen molar-refractivity contribution in [2.75, 3.05) is 20.3 Å².